The van der Waals surface area contributed by atoms with Gasteiger partial charge in [-0.3, -0.25) is 0 Å². The van der Waals surface area contributed by atoms with Gasteiger partial charge in [-0.25, -0.2) is 0 Å². The lowest BCUT2D eigenvalue weighted by atomic mass is 9.96. The fourth-order valence-electron chi connectivity index (χ4n) is 11.0. The van der Waals surface area contributed by atoms with Gasteiger partial charge >= 0.3 is 0 Å². The number of hydrogen-bond acceptors (Lipinski definition) is 2. The van der Waals surface area contributed by atoms with Gasteiger partial charge < -0.3 is 14.4 Å². The van der Waals surface area contributed by atoms with Crippen LogP contribution in [0.2, 0.25) is 39.3 Å². The Hall–Kier alpha value is -7.71. The van der Waals surface area contributed by atoms with Crippen LogP contribution in [0.15, 0.2) is 212 Å². The molecule has 5 heteroatoms. The molecule has 12 aromatic rings. The molecule has 12 rings (SSSR count). The van der Waals surface area contributed by atoms with Crippen molar-refractivity contribution < 1.29 is 0 Å². The summed E-state index contributed by atoms with van der Waals surface area (Å²) in [6.45, 7) is 18.9. The molecule has 0 N–H and O–H groups in total. The van der Waals surface area contributed by atoms with Crippen LogP contribution in [0.25, 0.3) is 70.6 Å². The monoisotopic (exact) mass is 949 g/mol. The molecule has 0 atom stereocenters. The smallest absolute Gasteiger partial charge is 0.0775 e. The summed E-state index contributed by atoms with van der Waals surface area (Å²) in [6.07, 6.45) is 0. The number of aryl methyl sites for hydroxylation is 2. The number of hydrogen-bond donors (Lipinski definition) is 0. The highest BCUT2D eigenvalue weighted by Gasteiger charge is 2.28. The van der Waals surface area contributed by atoms with Gasteiger partial charge in [0.05, 0.1) is 44.2 Å². The van der Waals surface area contributed by atoms with Crippen molar-refractivity contribution in [3.8, 4) is 5.69 Å². The van der Waals surface area contributed by atoms with E-state index in [9.17, 15) is 0 Å². The maximum atomic E-state index is 2.61. The molecule has 0 unspecified atom stereocenters. The predicted molar refractivity (Wildman–Crippen MR) is 316 cm³/mol. The second-order valence-electron chi connectivity index (χ2n) is 21.6. The minimum Gasteiger partial charge on any atom is -0.310 e. The highest BCUT2D eigenvalue weighted by molar-refractivity contribution is 6.89. The van der Waals surface area contributed by atoms with Gasteiger partial charge in [-0.2, -0.15) is 0 Å². The van der Waals surface area contributed by atoms with E-state index in [1.165, 1.54) is 75.4 Å². The van der Waals surface area contributed by atoms with Crippen molar-refractivity contribution in [2.75, 3.05) is 9.80 Å². The van der Waals surface area contributed by atoms with Crippen LogP contribution >= 0.6 is 0 Å². The van der Waals surface area contributed by atoms with Crippen LogP contribution in [0.3, 0.4) is 0 Å². The summed E-state index contributed by atoms with van der Waals surface area (Å²) in [5.41, 5.74) is 12.8. The van der Waals surface area contributed by atoms with Crippen molar-refractivity contribution in [1.82, 2.24) is 4.57 Å². The maximum Gasteiger partial charge on any atom is 0.0775 e. The van der Waals surface area contributed by atoms with Crippen LogP contribution in [0.4, 0.5) is 34.1 Å². The SMILES string of the molecule is Cc1ccc(N(c2ccc([Si](C)(C)C)cc2)c2cc3c(c4ccccc24)c2c4ccccc4c(N(c4ccc(C)cc4)c4ccc([Si](C)(C)C)cc4)cc2n3-c2cc3ccccc3c3ccccc23)cc1. The predicted octanol–water partition coefficient (Wildman–Crippen LogP) is 18.0. The molecule has 0 aliphatic heterocycles. The summed E-state index contributed by atoms with van der Waals surface area (Å²) < 4.78 is 2.61. The van der Waals surface area contributed by atoms with E-state index in [1.807, 2.05) is 0 Å². The third-order valence-electron chi connectivity index (χ3n) is 14.8. The Morgan fingerprint density at radius 2 is 0.662 bits per heavy atom. The van der Waals surface area contributed by atoms with Gasteiger partial charge in [0.1, 0.15) is 0 Å². The second-order valence-corrected chi connectivity index (χ2v) is 31.8. The van der Waals surface area contributed by atoms with Gasteiger partial charge in [0.15, 0.2) is 0 Å². The third-order valence-corrected chi connectivity index (χ3v) is 18.9. The first-order chi connectivity index (χ1) is 34.3. The summed E-state index contributed by atoms with van der Waals surface area (Å²) in [6, 6.07) is 80.4. The molecular weight excluding hydrogens is 891 g/mol. The van der Waals surface area contributed by atoms with Gasteiger partial charge in [-0.1, -0.05) is 206 Å². The minimum atomic E-state index is -1.56. The van der Waals surface area contributed by atoms with E-state index in [1.54, 1.807) is 0 Å². The van der Waals surface area contributed by atoms with E-state index >= 15 is 0 Å². The van der Waals surface area contributed by atoms with Crippen LogP contribution in [-0.4, -0.2) is 20.7 Å². The van der Waals surface area contributed by atoms with Crippen molar-refractivity contribution in [1.29, 1.82) is 0 Å². The molecule has 1 aromatic heterocycles. The molecule has 346 valence electrons. The van der Waals surface area contributed by atoms with Gasteiger partial charge in [-0.15, -0.1) is 0 Å². The van der Waals surface area contributed by atoms with Crippen LogP contribution in [-0.2, 0) is 0 Å². The second kappa shape index (κ2) is 17.0. The van der Waals surface area contributed by atoms with Gasteiger partial charge in [0.25, 0.3) is 0 Å². The molecular formula is C66H59N3Si2. The van der Waals surface area contributed by atoms with Crippen molar-refractivity contribution in [3.63, 3.8) is 0 Å². The highest BCUT2D eigenvalue weighted by atomic mass is 28.3. The summed E-state index contributed by atoms with van der Waals surface area (Å²) in [4.78, 5) is 4.98. The van der Waals surface area contributed by atoms with E-state index in [2.05, 4.69) is 280 Å². The van der Waals surface area contributed by atoms with Crippen molar-refractivity contribution in [3.05, 3.63) is 223 Å². The molecule has 0 aliphatic carbocycles. The molecule has 0 spiro atoms. The zero-order valence-electron chi connectivity index (χ0n) is 42.0. The van der Waals surface area contributed by atoms with Gasteiger partial charge in [0, 0.05) is 49.7 Å². The van der Waals surface area contributed by atoms with Crippen LogP contribution in [0, 0.1) is 13.8 Å². The summed E-state index contributed by atoms with van der Waals surface area (Å²) in [7, 11) is -3.12. The number of aromatic nitrogens is 1. The van der Waals surface area contributed by atoms with Crippen molar-refractivity contribution >= 4 is 126 Å². The molecule has 1 heterocycles. The Kier molecular flexibility index (Phi) is 10.7. The van der Waals surface area contributed by atoms with E-state index in [4.69, 9.17) is 0 Å². The molecule has 0 aliphatic rings. The first-order valence-electron chi connectivity index (χ1n) is 25.1. The topological polar surface area (TPSA) is 11.4 Å². The number of rotatable bonds is 9. The standard InChI is InChI=1S/C66H59N3Si2/c1-44-25-29-47(30-26-44)67(49-33-37-51(38-34-49)70(3,4)5)61-42-63-65(58-23-15-13-21-56(58)61)66-59-24-16-14-22-57(59)62(68(48-31-27-45(2)28-32-48)50-35-39-52(40-36-50)71(6,7)8)43-64(66)69(63)60-41-46-17-9-10-18-53(46)54-19-11-12-20-55(54)60/h9-43H,1-8H3. The first kappa shape index (κ1) is 44.5. The Labute approximate surface area is 419 Å². The molecule has 0 radical (unpaired) electrons. The highest BCUT2D eigenvalue weighted by Crippen LogP contribution is 2.50. The molecule has 0 saturated heterocycles. The Morgan fingerprint density at radius 1 is 0.324 bits per heavy atom. The zero-order chi connectivity index (χ0) is 48.8. The average Bonchev–Trinajstić information content (AvgIpc) is 3.71. The first-order valence-corrected chi connectivity index (χ1v) is 32.1. The lowest BCUT2D eigenvalue weighted by Gasteiger charge is -2.28. The van der Waals surface area contributed by atoms with E-state index < -0.39 is 16.1 Å². The lowest BCUT2D eigenvalue weighted by molar-refractivity contribution is 1.20. The lowest BCUT2D eigenvalue weighted by Crippen LogP contribution is -2.37. The molecule has 11 aromatic carbocycles. The van der Waals surface area contributed by atoms with E-state index in [0.29, 0.717) is 0 Å². The van der Waals surface area contributed by atoms with Gasteiger partial charge in [-0.05, 0) is 108 Å². The van der Waals surface area contributed by atoms with E-state index in [0.717, 1.165) is 50.8 Å². The number of benzene rings is 11. The molecule has 0 fully saturated rings. The van der Waals surface area contributed by atoms with Crippen molar-refractivity contribution in [2.24, 2.45) is 0 Å². The van der Waals surface area contributed by atoms with Crippen LogP contribution in [0.1, 0.15) is 11.1 Å². The van der Waals surface area contributed by atoms with Crippen LogP contribution in [0.5, 0.6) is 0 Å². The molecule has 0 bridgehead atoms. The number of anilines is 6. The Morgan fingerprint density at radius 3 is 1.07 bits per heavy atom. The number of fused-ring (bicyclic) bond motifs is 10. The van der Waals surface area contributed by atoms with Crippen molar-refractivity contribution in [2.45, 2.75) is 53.1 Å². The van der Waals surface area contributed by atoms with Crippen LogP contribution < -0.4 is 20.2 Å². The fourth-order valence-corrected chi connectivity index (χ4v) is 13.3. The average molecular weight is 950 g/mol. The molecule has 3 nitrogen and oxygen atoms in total. The van der Waals surface area contributed by atoms with Gasteiger partial charge in [0.2, 0.25) is 0 Å². The largest absolute Gasteiger partial charge is 0.310 e. The third kappa shape index (κ3) is 7.63. The Balaban J connectivity index is 1.26. The zero-order valence-corrected chi connectivity index (χ0v) is 44.0. The number of nitrogens with zero attached hydrogens (tertiary/aromatic N) is 3. The summed E-state index contributed by atoms with van der Waals surface area (Å²) in [5, 5.41) is 15.2. The maximum absolute atomic E-state index is 2.61. The summed E-state index contributed by atoms with van der Waals surface area (Å²) >= 11 is 0. The minimum absolute atomic E-state index is 1.13. The molecule has 0 amide bonds. The van der Waals surface area contributed by atoms with E-state index in [-0.39, 0.29) is 0 Å². The molecule has 71 heavy (non-hydrogen) atoms. The normalized spacial score (nSPS) is 12.2. The summed E-state index contributed by atoms with van der Waals surface area (Å²) in [5.74, 6) is 0. The quantitative estimate of drug-likeness (QED) is 0.106. The fraction of sp³-hybridized carbons (Fsp3) is 0.121. The molecule has 0 saturated carbocycles. The Bertz CT molecular complexity index is 3800.